The number of benzene rings is 3. The zero-order chi connectivity index (χ0) is 24.1. The minimum Gasteiger partial charge on any atom is -0.504 e. The normalized spacial score (nSPS) is 15.6. The van der Waals surface area contributed by atoms with Gasteiger partial charge in [0.25, 0.3) is 5.91 Å². The number of phenolic OH excluding ortho intramolecular Hbond substituents is 1. The van der Waals surface area contributed by atoms with Crippen LogP contribution in [0.1, 0.15) is 36.1 Å². The summed E-state index contributed by atoms with van der Waals surface area (Å²) < 4.78 is 5.53. The molecular formula is C28H27NO5. The molecule has 0 aromatic heterocycles. The van der Waals surface area contributed by atoms with Crippen molar-refractivity contribution in [1.82, 2.24) is 4.90 Å². The molecule has 4 rings (SSSR count). The number of aryl methyl sites for hydroxylation is 1. The molecule has 1 heterocycles. The van der Waals surface area contributed by atoms with Crippen LogP contribution in [-0.4, -0.2) is 33.4 Å². The zero-order valence-electron chi connectivity index (χ0n) is 19.0. The number of aromatic hydroxyl groups is 1. The van der Waals surface area contributed by atoms with E-state index in [1.165, 1.54) is 11.0 Å². The van der Waals surface area contributed by atoms with E-state index in [0.29, 0.717) is 18.6 Å². The van der Waals surface area contributed by atoms with Gasteiger partial charge in [0, 0.05) is 13.0 Å². The molecule has 0 fully saturated rings. The Morgan fingerprint density at radius 2 is 1.59 bits per heavy atom. The van der Waals surface area contributed by atoms with Crippen molar-refractivity contribution in [1.29, 1.82) is 0 Å². The summed E-state index contributed by atoms with van der Waals surface area (Å²) in [5, 5.41) is 21.0. The van der Waals surface area contributed by atoms with Crippen molar-refractivity contribution in [2.24, 2.45) is 0 Å². The molecule has 3 aromatic rings. The Morgan fingerprint density at radius 1 is 0.941 bits per heavy atom. The Bertz CT molecular complexity index is 1200. The molecule has 0 radical (unpaired) electrons. The summed E-state index contributed by atoms with van der Waals surface area (Å²) in [5.41, 5.74) is 2.53. The standard InChI is InChI=1S/C28H27NO5/c1-2-34-24-17-21(14-16-22(24)30)26-25(23(31)15-13-19-9-5-3-6-10-19)27(32)28(33)29(26)18-20-11-7-4-8-12-20/h3-12,14,16-17,26,30,32H,2,13,15,18H2,1H3. The molecule has 174 valence electrons. The molecule has 34 heavy (non-hydrogen) atoms. The molecule has 1 unspecified atom stereocenters. The number of ketones is 1. The number of hydrogen-bond donors (Lipinski definition) is 2. The van der Waals surface area contributed by atoms with Crippen LogP contribution in [0.2, 0.25) is 0 Å². The van der Waals surface area contributed by atoms with E-state index in [9.17, 15) is 19.8 Å². The van der Waals surface area contributed by atoms with E-state index >= 15 is 0 Å². The number of carbonyl (C=O) groups is 2. The number of phenols is 1. The third kappa shape index (κ3) is 4.81. The third-order valence-electron chi connectivity index (χ3n) is 5.88. The second-order valence-electron chi connectivity index (χ2n) is 8.15. The van der Waals surface area contributed by atoms with Crippen molar-refractivity contribution < 1.29 is 24.5 Å². The highest BCUT2D eigenvalue weighted by atomic mass is 16.5. The van der Waals surface area contributed by atoms with Gasteiger partial charge in [-0.25, -0.2) is 0 Å². The van der Waals surface area contributed by atoms with Gasteiger partial charge in [0.2, 0.25) is 0 Å². The second-order valence-corrected chi connectivity index (χ2v) is 8.15. The van der Waals surface area contributed by atoms with E-state index in [2.05, 4.69) is 0 Å². The average molecular weight is 458 g/mol. The van der Waals surface area contributed by atoms with E-state index in [0.717, 1.165) is 11.1 Å². The molecule has 1 amide bonds. The van der Waals surface area contributed by atoms with E-state index in [1.807, 2.05) is 60.7 Å². The van der Waals surface area contributed by atoms with Crippen LogP contribution in [0.3, 0.4) is 0 Å². The number of aliphatic hydroxyl groups excluding tert-OH is 1. The van der Waals surface area contributed by atoms with Crippen LogP contribution < -0.4 is 4.74 Å². The van der Waals surface area contributed by atoms with Crippen molar-refractivity contribution in [3.63, 3.8) is 0 Å². The Morgan fingerprint density at radius 3 is 2.24 bits per heavy atom. The van der Waals surface area contributed by atoms with Crippen LogP contribution >= 0.6 is 0 Å². The second kappa shape index (κ2) is 10.3. The molecule has 0 bridgehead atoms. The molecule has 0 saturated carbocycles. The Labute approximate surface area is 198 Å². The van der Waals surface area contributed by atoms with E-state index in [4.69, 9.17) is 4.74 Å². The van der Waals surface area contributed by atoms with Gasteiger partial charge in [-0.3, -0.25) is 9.59 Å². The highest BCUT2D eigenvalue weighted by molar-refractivity contribution is 6.09. The molecule has 6 nitrogen and oxygen atoms in total. The summed E-state index contributed by atoms with van der Waals surface area (Å²) >= 11 is 0. The monoisotopic (exact) mass is 457 g/mol. The van der Waals surface area contributed by atoms with Crippen molar-refractivity contribution >= 4 is 11.7 Å². The first-order valence-corrected chi connectivity index (χ1v) is 11.3. The fourth-order valence-electron chi connectivity index (χ4n) is 4.24. The van der Waals surface area contributed by atoms with Crippen LogP contribution in [0.4, 0.5) is 0 Å². The minimum atomic E-state index is -0.796. The lowest BCUT2D eigenvalue weighted by atomic mass is 9.92. The molecule has 2 N–H and O–H groups in total. The van der Waals surface area contributed by atoms with Gasteiger partial charge in [-0.1, -0.05) is 66.7 Å². The lowest BCUT2D eigenvalue weighted by Crippen LogP contribution is -2.30. The predicted octanol–water partition coefficient (Wildman–Crippen LogP) is 4.89. The van der Waals surface area contributed by atoms with Gasteiger partial charge in [-0.05, 0) is 42.2 Å². The summed E-state index contributed by atoms with van der Waals surface area (Å²) in [7, 11) is 0. The Kier molecular flexibility index (Phi) is 6.97. The molecule has 0 spiro atoms. The zero-order valence-corrected chi connectivity index (χ0v) is 19.0. The molecule has 0 aliphatic carbocycles. The van der Waals surface area contributed by atoms with Gasteiger partial charge in [0.1, 0.15) is 0 Å². The molecule has 1 atom stereocenters. The van der Waals surface area contributed by atoms with Crippen molar-refractivity contribution in [3.8, 4) is 11.5 Å². The van der Waals surface area contributed by atoms with Crippen LogP contribution in [0, 0.1) is 0 Å². The van der Waals surface area contributed by atoms with E-state index in [-0.39, 0.29) is 35.8 Å². The van der Waals surface area contributed by atoms with Crippen molar-refractivity contribution in [2.75, 3.05) is 6.61 Å². The van der Waals surface area contributed by atoms with Gasteiger partial charge in [0.15, 0.2) is 23.0 Å². The predicted molar refractivity (Wildman–Crippen MR) is 128 cm³/mol. The van der Waals surface area contributed by atoms with Crippen LogP contribution in [0.5, 0.6) is 11.5 Å². The van der Waals surface area contributed by atoms with Crippen molar-refractivity contribution in [2.45, 2.75) is 32.4 Å². The first kappa shape index (κ1) is 23.1. The van der Waals surface area contributed by atoms with Crippen LogP contribution in [0.15, 0.2) is 90.2 Å². The molecule has 3 aromatic carbocycles. The number of ether oxygens (including phenoxy) is 1. The highest BCUT2D eigenvalue weighted by Gasteiger charge is 2.43. The Hall–Kier alpha value is -4.06. The lowest BCUT2D eigenvalue weighted by Gasteiger charge is -2.27. The SMILES string of the molecule is CCOc1cc(C2C(C(=O)CCc3ccccc3)=C(O)C(=O)N2Cc2ccccc2)ccc1O. The maximum Gasteiger partial charge on any atom is 0.290 e. The number of amides is 1. The molecule has 0 saturated heterocycles. The number of Topliss-reactive ketones (excluding diaryl/α,β-unsaturated/α-hetero) is 1. The first-order chi connectivity index (χ1) is 16.5. The molecule has 6 heteroatoms. The van der Waals surface area contributed by atoms with Crippen molar-refractivity contribution in [3.05, 3.63) is 107 Å². The quantitative estimate of drug-likeness (QED) is 0.478. The number of nitrogens with zero attached hydrogens (tertiary/aromatic N) is 1. The summed E-state index contributed by atoms with van der Waals surface area (Å²) in [6.07, 6.45) is 0.651. The molecular weight excluding hydrogens is 430 g/mol. The highest BCUT2D eigenvalue weighted by Crippen LogP contribution is 2.41. The van der Waals surface area contributed by atoms with Gasteiger partial charge in [-0.15, -0.1) is 0 Å². The topological polar surface area (TPSA) is 87.1 Å². The average Bonchev–Trinajstić information content (AvgIpc) is 3.10. The number of aliphatic hydroxyl groups is 1. The maximum absolute atomic E-state index is 13.4. The fraction of sp³-hybridized carbons (Fsp3) is 0.214. The van der Waals surface area contributed by atoms with E-state index < -0.39 is 17.7 Å². The number of carbonyl (C=O) groups excluding carboxylic acids is 2. The summed E-state index contributed by atoms with van der Waals surface area (Å²) in [5.74, 6) is -1.18. The van der Waals surface area contributed by atoms with Gasteiger partial charge in [0.05, 0.1) is 18.2 Å². The first-order valence-electron chi connectivity index (χ1n) is 11.3. The van der Waals surface area contributed by atoms with Crippen LogP contribution in [-0.2, 0) is 22.6 Å². The fourth-order valence-corrected chi connectivity index (χ4v) is 4.24. The van der Waals surface area contributed by atoms with Gasteiger partial charge < -0.3 is 19.8 Å². The smallest absolute Gasteiger partial charge is 0.290 e. The van der Waals surface area contributed by atoms with E-state index in [1.54, 1.807) is 19.1 Å². The van der Waals surface area contributed by atoms with Crippen LogP contribution in [0.25, 0.3) is 0 Å². The minimum absolute atomic E-state index is 0.0327. The summed E-state index contributed by atoms with van der Waals surface area (Å²) in [6.45, 7) is 2.37. The summed E-state index contributed by atoms with van der Waals surface area (Å²) in [4.78, 5) is 28.0. The maximum atomic E-state index is 13.4. The molecule has 1 aliphatic heterocycles. The number of hydrogen-bond acceptors (Lipinski definition) is 5. The lowest BCUT2D eigenvalue weighted by molar-refractivity contribution is -0.130. The van der Waals surface area contributed by atoms with Gasteiger partial charge in [-0.2, -0.15) is 0 Å². The summed E-state index contributed by atoms with van der Waals surface area (Å²) in [6, 6.07) is 23.0. The van der Waals surface area contributed by atoms with Gasteiger partial charge >= 0.3 is 0 Å². The Balaban J connectivity index is 1.70. The molecule has 1 aliphatic rings. The third-order valence-corrected chi connectivity index (χ3v) is 5.88. The number of rotatable bonds is 9. The largest absolute Gasteiger partial charge is 0.504 e.